The first-order chi connectivity index (χ1) is 9.35. The van der Waals surface area contributed by atoms with E-state index in [4.69, 9.17) is 15.3 Å². The summed E-state index contributed by atoms with van der Waals surface area (Å²) in [6.45, 7) is 6.22. The van der Waals surface area contributed by atoms with E-state index >= 15 is 0 Å². The Balaban J connectivity index is 3.48. The van der Waals surface area contributed by atoms with Crippen molar-refractivity contribution in [2.45, 2.75) is 52.1 Å². The van der Waals surface area contributed by atoms with Crippen LogP contribution in [-0.4, -0.2) is 37.3 Å². The SMILES string of the molecule is CC(C)(C)OC(=O)NCC(=O)NOCCCCCCN. The highest BCUT2D eigenvalue weighted by atomic mass is 16.6. The first-order valence-corrected chi connectivity index (χ1v) is 6.92. The predicted molar refractivity (Wildman–Crippen MR) is 75.9 cm³/mol. The summed E-state index contributed by atoms with van der Waals surface area (Å²) in [4.78, 5) is 27.6. The van der Waals surface area contributed by atoms with Crippen molar-refractivity contribution in [2.24, 2.45) is 5.73 Å². The smallest absolute Gasteiger partial charge is 0.408 e. The topological polar surface area (TPSA) is 103 Å². The number of hydroxylamine groups is 1. The van der Waals surface area contributed by atoms with E-state index in [0.29, 0.717) is 13.2 Å². The van der Waals surface area contributed by atoms with Crippen LogP contribution in [0.1, 0.15) is 46.5 Å². The fourth-order valence-electron chi connectivity index (χ4n) is 1.31. The van der Waals surface area contributed by atoms with Crippen LogP contribution in [0.15, 0.2) is 0 Å². The largest absolute Gasteiger partial charge is 0.444 e. The average molecular weight is 289 g/mol. The predicted octanol–water partition coefficient (Wildman–Crippen LogP) is 1.08. The third kappa shape index (κ3) is 13.1. The van der Waals surface area contributed by atoms with Crippen molar-refractivity contribution in [3.63, 3.8) is 0 Å². The molecule has 2 amide bonds. The Hall–Kier alpha value is -1.34. The van der Waals surface area contributed by atoms with Crippen molar-refractivity contribution in [1.82, 2.24) is 10.8 Å². The molecule has 0 rings (SSSR count). The number of nitrogens with two attached hydrogens (primary N) is 1. The fourth-order valence-corrected chi connectivity index (χ4v) is 1.31. The van der Waals surface area contributed by atoms with Crippen LogP contribution < -0.4 is 16.5 Å². The van der Waals surface area contributed by atoms with E-state index in [1.165, 1.54) is 0 Å². The minimum absolute atomic E-state index is 0.178. The molecule has 0 aliphatic heterocycles. The molecule has 0 heterocycles. The van der Waals surface area contributed by atoms with E-state index in [0.717, 1.165) is 25.7 Å². The maximum Gasteiger partial charge on any atom is 0.408 e. The van der Waals surface area contributed by atoms with Crippen LogP contribution in [0.3, 0.4) is 0 Å². The molecule has 4 N–H and O–H groups in total. The molecule has 0 aliphatic carbocycles. The molecule has 0 radical (unpaired) electrons. The summed E-state index contributed by atoms with van der Waals surface area (Å²) in [5.41, 5.74) is 7.05. The number of carbonyl (C=O) groups is 2. The molecule has 0 aromatic heterocycles. The number of rotatable bonds is 9. The van der Waals surface area contributed by atoms with E-state index in [1.807, 2.05) is 0 Å². The Bertz CT molecular complexity index is 290. The summed E-state index contributed by atoms with van der Waals surface area (Å²) in [5, 5.41) is 2.34. The minimum atomic E-state index is -0.630. The number of hydrogen-bond acceptors (Lipinski definition) is 5. The summed E-state index contributed by atoms with van der Waals surface area (Å²) in [6.07, 6.45) is 3.32. The van der Waals surface area contributed by atoms with E-state index in [-0.39, 0.29) is 6.54 Å². The lowest BCUT2D eigenvalue weighted by molar-refractivity contribution is -0.132. The van der Waals surface area contributed by atoms with Gasteiger partial charge in [0.25, 0.3) is 5.91 Å². The van der Waals surface area contributed by atoms with Gasteiger partial charge in [0.05, 0.1) is 6.61 Å². The third-order valence-corrected chi connectivity index (χ3v) is 2.18. The van der Waals surface area contributed by atoms with Crippen LogP contribution in [0.5, 0.6) is 0 Å². The number of hydrogen-bond donors (Lipinski definition) is 3. The van der Waals surface area contributed by atoms with Gasteiger partial charge >= 0.3 is 6.09 Å². The van der Waals surface area contributed by atoms with Crippen LogP contribution >= 0.6 is 0 Å². The standard InChI is InChI=1S/C13H27N3O4/c1-13(2,3)20-12(18)15-10-11(17)16-19-9-7-5-4-6-8-14/h4-10,14H2,1-3H3,(H,15,18)(H,16,17). The molecule has 7 nitrogen and oxygen atoms in total. The van der Waals surface area contributed by atoms with Crippen LogP contribution in [0.2, 0.25) is 0 Å². The molecule has 7 heteroatoms. The lowest BCUT2D eigenvalue weighted by Crippen LogP contribution is -2.39. The van der Waals surface area contributed by atoms with Crippen molar-refractivity contribution in [1.29, 1.82) is 0 Å². The number of nitrogens with one attached hydrogen (secondary N) is 2. The molecule has 20 heavy (non-hydrogen) atoms. The van der Waals surface area contributed by atoms with E-state index in [1.54, 1.807) is 20.8 Å². The normalized spacial score (nSPS) is 11.0. The first kappa shape index (κ1) is 18.7. The number of unbranched alkanes of at least 4 members (excludes halogenated alkanes) is 3. The summed E-state index contributed by atoms with van der Waals surface area (Å²) >= 11 is 0. The molecule has 0 aromatic carbocycles. The van der Waals surface area contributed by atoms with Crippen molar-refractivity contribution < 1.29 is 19.2 Å². The summed E-state index contributed by atoms with van der Waals surface area (Å²) < 4.78 is 4.99. The van der Waals surface area contributed by atoms with Gasteiger partial charge in [-0.25, -0.2) is 10.3 Å². The molecule has 0 atom stereocenters. The number of ether oxygens (including phenoxy) is 1. The van der Waals surface area contributed by atoms with Gasteiger partial charge in [0, 0.05) is 0 Å². The molecule has 0 spiro atoms. The lowest BCUT2D eigenvalue weighted by atomic mass is 10.2. The van der Waals surface area contributed by atoms with E-state index in [9.17, 15) is 9.59 Å². The second-order valence-electron chi connectivity index (χ2n) is 5.43. The lowest BCUT2D eigenvalue weighted by Gasteiger charge is -2.19. The quantitative estimate of drug-likeness (QED) is 0.435. The van der Waals surface area contributed by atoms with Crippen LogP contribution in [0.4, 0.5) is 4.79 Å². The highest BCUT2D eigenvalue weighted by Crippen LogP contribution is 2.06. The average Bonchev–Trinajstić information content (AvgIpc) is 2.33. The molecule has 118 valence electrons. The number of alkyl carbamates (subject to hydrolysis) is 1. The minimum Gasteiger partial charge on any atom is -0.444 e. The molecule has 0 fully saturated rings. The van der Waals surface area contributed by atoms with Gasteiger partial charge in [-0.05, 0) is 40.2 Å². The molecular weight excluding hydrogens is 262 g/mol. The number of amides is 2. The van der Waals surface area contributed by atoms with E-state index in [2.05, 4.69) is 10.8 Å². The Morgan fingerprint density at radius 3 is 2.35 bits per heavy atom. The molecule has 0 aliphatic rings. The molecule has 0 saturated carbocycles. The zero-order chi connectivity index (χ0) is 15.4. The van der Waals surface area contributed by atoms with Crippen LogP contribution in [0, 0.1) is 0 Å². The summed E-state index contributed by atoms with van der Waals surface area (Å²) in [7, 11) is 0. The van der Waals surface area contributed by atoms with Crippen LogP contribution in [-0.2, 0) is 14.4 Å². The highest BCUT2D eigenvalue weighted by Gasteiger charge is 2.16. The Kier molecular flexibility index (Phi) is 9.75. The van der Waals surface area contributed by atoms with Gasteiger partial charge in [-0.1, -0.05) is 12.8 Å². The van der Waals surface area contributed by atoms with Gasteiger partial charge in [0.2, 0.25) is 0 Å². The van der Waals surface area contributed by atoms with Gasteiger partial charge in [-0.2, -0.15) is 0 Å². The van der Waals surface area contributed by atoms with Crippen molar-refractivity contribution in [3.05, 3.63) is 0 Å². The molecular formula is C13H27N3O4. The van der Waals surface area contributed by atoms with Gasteiger partial charge in [-0.15, -0.1) is 0 Å². The first-order valence-electron chi connectivity index (χ1n) is 6.92. The third-order valence-electron chi connectivity index (χ3n) is 2.18. The van der Waals surface area contributed by atoms with Gasteiger partial charge in [-0.3, -0.25) is 9.63 Å². The zero-order valence-corrected chi connectivity index (χ0v) is 12.7. The fraction of sp³-hybridized carbons (Fsp3) is 0.846. The summed E-state index contributed by atoms with van der Waals surface area (Å²) in [6, 6.07) is 0. The van der Waals surface area contributed by atoms with Crippen molar-refractivity contribution in [3.8, 4) is 0 Å². The Morgan fingerprint density at radius 2 is 1.75 bits per heavy atom. The van der Waals surface area contributed by atoms with Gasteiger partial charge in [0.1, 0.15) is 12.1 Å². The molecule has 0 saturated heterocycles. The highest BCUT2D eigenvalue weighted by molar-refractivity contribution is 5.81. The maximum atomic E-state index is 11.3. The summed E-state index contributed by atoms with van der Waals surface area (Å²) in [5.74, 6) is -0.419. The zero-order valence-electron chi connectivity index (χ0n) is 12.7. The second kappa shape index (κ2) is 10.4. The van der Waals surface area contributed by atoms with E-state index < -0.39 is 17.6 Å². The molecule has 0 bridgehead atoms. The van der Waals surface area contributed by atoms with Crippen molar-refractivity contribution in [2.75, 3.05) is 19.7 Å². The maximum absolute atomic E-state index is 11.3. The Labute approximate surface area is 120 Å². The second-order valence-corrected chi connectivity index (χ2v) is 5.43. The monoisotopic (exact) mass is 289 g/mol. The number of carbonyl (C=O) groups excluding carboxylic acids is 2. The van der Waals surface area contributed by atoms with Crippen LogP contribution in [0.25, 0.3) is 0 Å². The van der Waals surface area contributed by atoms with Crippen molar-refractivity contribution >= 4 is 12.0 Å². The van der Waals surface area contributed by atoms with Gasteiger partial charge in [0.15, 0.2) is 0 Å². The molecule has 0 unspecified atom stereocenters. The van der Waals surface area contributed by atoms with Gasteiger partial charge < -0.3 is 15.8 Å². The molecule has 0 aromatic rings. The Morgan fingerprint density at radius 1 is 1.10 bits per heavy atom.